The predicted octanol–water partition coefficient (Wildman–Crippen LogP) is 5.33. The van der Waals surface area contributed by atoms with Crippen molar-refractivity contribution in [2.75, 3.05) is 0 Å². The summed E-state index contributed by atoms with van der Waals surface area (Å²) in [5, 5.41) is 9.77. The van der Waals surface area contributed by atoms with Gasteiger partial charge in [-0.3, -0.25) is 4.55 Å². The van der Waals surface area contributed by atoms with E-state index in [1.807, 2.05) is 0 Å². The van der Waals surface area contributed by atoms with E-state index < -0.39 is 10.1 Å². The maximum atomic E-state index is 11.7. The normalized spacial score (nSPS) is 11.5. The molecule has 0 aromatic heterocycles. The Balaban J connectivity index is 2.11. The lowest BCUT2D eigenvalue weighted by atomic mass is 10.0. The van der Waals surface area contributed by atoms with Crippen molar-refractivity contribution in [2.45, 2.75) is 56.8 Å². The Morgan fingerprint density at radius 1 is 0.962 bits per heavy atom. The fourth-order valence-corrected chi connectivity index (χ4v) is 3.58. The van der Waals surface area contributed by atoms with Gasteiger partial charge in [0.2, 0.25) is 0 Å². The van der Waals surface area contributed by atoms with Crippen LogP contribution in [0.25, 0.3) is 0 Å². The van der Waals surface area contributed by atoms with E-state index in [2.05, 4.69) is 6.92 Å². The minimum absolute atomic E-state index is 0.0444. The van der Waals surface area contributed by atoms with E-state index in [0.29, 0.717) is 12.0 Å². The predicted molar refractivity (Wildman–Crippen MR) is 102 cm³/mol. The number of unbranched alkanes of at least 4 members (excludes halogenated alkanes) is 5. The molecule has 0 spiro atoms. The van der Waals surface area contributed by atoms with Crippen LogP contribution in [0, 0.1) is 0 Å². The number of benzene rings is 2. The summed E-state index contributed by atoms with van der Waals surface area (Å²) in [6.45, 7) is 2.16. The van der Waals surface area contributed by atoms with Crippen molar-refractivity contribution in [3.05, 3.63) is 48.0 Å². The highest BCUT2D eigenvalue weighted by Gasteiger charge is 2.17. The Morgan fingerprint density at radius 2 is 1.65 bits per heavy atom. The highest BCUT2D eigenvalue weighted by atomic mass is 32.2. The van der Waals surface area contributed by atoms with Crippen molar-refractivity contribution in [1.29, 1.82) is 0 Å². The highest BCUT2D eigenvalue weighted by Crippen LogP contribution is 2.32. The Bertz CT molecular complexity index is 815. The first-order valence-corrected chi connectivity index (χ1v) is 10.4. The van der Waals surface area contributed by atoms with Gasteiger partial charge in [0.25, 0.3) is 10.1 Å². The van der Waals surface area contributed by atoms with Crippen molar-refractivity contribution < 1.29 is 22.8 Å². The molecular weight excluding hydrogens is 352 g/mol. The Morgan fingerprint density at radius 3 is 2.35 bits per heavy atom. The van der Waals surface area contributed by atoms with Crippen LogP contribution in [-0.2, 0) is 16.5 Å². The summed E-state index contributed by atoms with van der Waals surface area (Å²) in [6.07, 6.45) is 7.20. The number of aromatic hydroxyl groups is 1. The summed E-state index contributed by atoms with van der Waals surface area (Å²) in [7, 11) is -4.35. The van der Waals surface area contributed by atoms with E-state index in [0.717, 1.165) is 19.3 Å². The Labute approximate surface area is 155 Å². The van der Waals surface area contributed by atoms with Crippen LogP contribution in [0.15, 0.2) is 47.4 Å². The lowest BCUT2D eigenvalue weighted by Gasteiger charge is -2.12. The van der Waals surface area contributed by atoms with Crippen LogP contribution in [0.5, 0.6) is 17.2 Å². The first kappa shape index (κ1) is 20.3. The van der Waals surface area contributed by atoms with Gasteiger partial charge in [0.05, 0.1) is 0 Å². The van der Waals surface area contributed by atoms with Crippen LogP contribution >= 0.6 is 0 Å². The molecule has 6 heteroatoms. The minimum Gasteiger partial charge on any atom is -0.504 e. The largest absolute Gasteiger partial charge is 0.504 e. The second-order valence-electron chi connectivity index (χ2n) is 6.33. The third-order valence-corrected chi connectivity index (χ3v) is 5.15. The third kappa shape index (κ3) is 6.04. The summed E-state index contributed by atoms with van der Waals surface area (Å²) >= 11 is 0. The molecule has 2 N–H and O–H groups in total. The van der Waals surface area contributed by atoms with Crippen LogP contribution in [0.3, 0.4) is 0 Å². The van der Waals surface area contributed by atoms with Gasteiger partial charge in [-0.1, -0.05) is 57.2 Å². The molecule has 142 valence electrons. The van der Waals surface area contributed by atoms with E-state index in [1.165, 1.54) is 31.4 Å². The van der Waals surface area contributed by atoms with Gasteiger partial charge in [-0.05, 0) is 36.6 Å². The molecule has 0 aliphatic heterocycles. The maximum absolute atomic E-state index is 11.7. The molecule has 0 amide bonds. The van der Waals surface area contributed by atoms with Gasteiger partial charge in [-0.25, -0.2) is 0 Å². The molecule has 2 aromatic rings. The van der Waals surface area contributed by atoms with Gasteiger partial charge >= 0.3 is 0 Å². The average Bonchev–Trinajstić information content (AvgIpc) is 2.60. The van der Waals surface area contributed by atoms with Gasteiger partial charge < -0.3 is 9.84 Å². The number of phenols is 1. The molecule has 0 fully saturated rings. The second-order valence-corrected chi connectivity index (χ2v) is 7.72. The average molecular weight is 378 g/mol. The summed E-state index contributed by atoms with van der Waals surface area (Å²) < 4.78 is 38.6. The molecule has 2 aromatic carbocycles. The molecule has 26 heavy (non-hydrogen) atoms. The number of hydrogen-bond acceptors (Lipinski definition) is 4. The minimum atomic E-state index is -4.35. The number of ether oxygens (including phenoxy) is 1. The molecule has 0 unspecified atom stereocenters. The molecule has 2 rings (SSSR count). The summed E-state index contributed by atoms with van der Waals surface area (Å²) in [5.74, 6) is 0.417. The zero-order chi connectivity index (χ0) is 19.0. The molecule has 0 aliphatic carbocycles. The van der Waals surface area contributed by atoms with Crippen molar-refractivity contribution in [2.24, 2.45) is 0 Å². The quantitative estimate of drug-likeness (QED) is 0.431. The monoisotopic (exact) mass is 378 g/mol. The van der Waals surface area contributed by atoms with Gasteiger partial charge in [0.15, 0.2) is 11.5 Å². The van der Waals surface area contributed by atoms with Crippen LogP contribution in [0.2, 0.25) is 0 Å². The summed E-state index contributed by atoms with van der Waals surface area (Å²) in [4.78, 5) is -0.140. The lowest BCUT2D eigenvalue weighted by molar-refractivity contribution is 0.410. The molecule has 0 radical (unpaired) electrons. The number of phenolic OH excluding ortho intramolecular Hbond substituents is 1. The highest BCUT2D eigenvalue weighted by molar-refractivity contribution is 7.85. The van der Waals surface area contributed by atoms with Gasteiger partial charge in [-0.15, -0.1) is 0 Å². The van der Waals surface area contributed by atoms with Crippen molar-refractivity contribution in [3.63, 3.8) is 0 Å². The smallest absolute Gasteiger partial charge is 0.294 e. The van der Waals surface area contributed by atoms with E-state index in [1.54, 1.807) is 30.3 Å². The van der Waals surface area contributed by atoms with Crippen molar-refractivity contribution in [1.82, 2.24) is 0 Å². The first-order valence-electron chi connectivity index (χ1n) is 8.98. The third-order valence-electron chi connectivity index (χ3n) is 4.21. The zero-order valence-corrected chi connectivity index (χ0v) is 15.8. The second kappa shape index (κ2) is 9.59. The molecule has 5 nitrogen and oxygen atoms in total. The van der Waals surface area contributed by atoms with Crippen LogP contribution in [0.4, 0.5) is 0 Å². The van der Waals surface area contributed by atoms with Gasteiger partial charge in [-0.2, -0.15) is 8.42 Å². The van der Waals surface area contributed by atoms with E-state index >= 15 is 0 Å². The van der Waals surface area contributed by atoms with E-state index in [4.69, 9.17) is 4.74 Å². The number of hydrogen-bond donors (Lipinski definition) is 2. The molecule has 0 aliphatic rings. The number of rotatable bonds is 10. The summed E-state index contributed by atoms with van der Waals surface area (Å²) in [5.41, 5.74) is 0.577. The van der Waals surface area contributed by atoms with Crippen LogP contribution < -0.4 is 4.74 Å². The van der Waals surface area contributed by atoms with Gasteiger partial charge in [0.1, 0.15) is 10.6 Å². The topological polar surface area (TPSA) is 83.8 Å². The summed E-state index contributed by atoms with van der Waals surface area (Å²) in [6, 6.07) is 11.0. The first-order chi connectivity index (χ1) is 12.4. The van der Waals surface area contributed by atoms with Crippen molar-refractivity contribution >= 4 is 10.1 Å². The Kier molecular flexibility index (Phi) is 7.48. The molecule has 0 saturated heterocycles. The lowest BCUT2D eigenvalue weighted by Crippen LogP contribution is -2.04. The standard InChI is InChI=1S/C20H26O5S/c1-2-3-4-5-6-7-10-16-13-14-17(15-20(16)26(22,23)24)25-19-12-9-8-11-18(19)21/h8-9,11-15,21H,2-7,10H2,1H3,(H,22,23,24). The molecular formula is C20H26O5S. The van der Waals surface area contributed by atoms with Crippen molar-refractivity contribution in [3.8, 4) is 17.2 Å². The molecule has 0 bridgehead atoms. The maximum Gasteiger partial charge on any atom is 0.294 e. The zero-order valence-electron chi connectivity index (χ0n) is 15.0. The fourth-order valence-electron chi connectivity index (χ4n) is 2.81. The SMILES string of the molecule is CCCCCCCCc1ccc(Oc2ccccc2O)cc1S(=O)(=O)O. The molecule has 0 saturated carbocycles. The molecule has 0 heterocycles. The van der Waals surface area contributed by atoms with Crippen LogP contribution in [0.1, 0.15) is 51.0 Å². The van der Waals surface area contributed by atoms with Gasteiger partial charge in [0, 0.05) is 6.07 Å². The van der Waals surface area contributed by atoms with Crippen LogP contribution in [-0.4, -0.2) is 18.1 Å². The number of aryl methyl sites for hydroxylation is 1. The molecule has 0 atom stereocenters. The van der Waals surface area contributed by atoms with E-state index in [-0.39, 0.29) is 22.1 Å². The Hall–Kier alpha value is -2.05. The number of para-hydroxylation sites is 2. The van der Waals surface area contributed by atoms with E-state index in [9.17, 15) is 18.1 Å². The fraction of sp³-hybridized carbons (Fsp3) is 0.400.